The molecule has 4 heteroatoms. The van der Waals surface area contributed by atoms with E-state index in [0.717, 1.165) is 12.8 Å². The summed E-state index contributed by atoms with van der Waals surface area (Å²) in [6.45, 7) is 3.59. The third-order valence-electron chi connectivity index (χ3n) is 3.49. The highest BCUT2D eigenvalue weighted by atomic mass is 16.3. The molecule has 1 saturated carbocycles. The van der Waals surface area contributed by atoms with Crippen molar-refractivity contribution in [2.45, 2.75) is 38.9 Å². The second-order valence-corrected chi connectivity index (χ2v) is 5.40. The van der Waals surface area contributed by atoms with Gasteiger partial charge in [-0.25, -0.2) is 0 Å². The molecule has 0 aromatic carbocycles. The molecule has 90 valence electrons. The topological polar surface area (TPSA) is 80.9 Å². The van der Waals surface area contributed by atoms with Gasteiger partial charge >= 0.3 is 0 Å². The molecule has 0 radical (unpaired) electrons. The van der Waals surface area contributed by atoms with Gasteiger partial charge in [-0.3, -0.25) is 0 Å². The van der Waals surface area contributed by atoms with Crippen molar-refractivity contribution in [2.24, 2.45) is 17.3 Å². The van der Waals surface area contributed by atoms with Gasteiger partial charge in [0.15, 0.2) is 0 Å². The van der Waals surface area contributed by atoms with Gasteiger partial charge < -0.3 is 20.4 Å². The lowest BCUT2D eigenvalue weighted by molar-refractivity contribution is -0.0215. The maximum absolute atomic E-state index is 9.66. The van der Waals surface area contributed by atoms with Crippen LogP contribution in [0.4, 0.5) is 0 Å². The van der Waals surface area contributed by atoms with Crippen molar-refractivity contribution < 1.29 is 20.4 Å². The summed E-state index contributed by atoms with van der Waals surface area (Å²) >= 11 is 0. The quantitative estimate of drug-likeness (QED) is 0.524. The zero-order valence-corrected chi connectivity index (χ0v) is 9.43. The Kier molecular flexibility index (Phi) is 4.12. The van der Waals surface area contributed by atoms with Crippen LogP contribution in [0.1, 0.15) is 26.7 Å². The Labute approximate surface area is 90.6 Å². The predicted molar refractivity (Wildman–Crippen MR) is 56.2 cm³/mol. The Morgan fingerprint density at radius 2 is 1.33 bits per heavy atom. The molecular weight excluding hydrogens is 196 g/mol. The van der Waals surface area contributed by atoms with E-state index < -0.39 is 12.2 Å². The second kappa shape index (κ2) is 4.78. The number of hydrogen-bond donors (Lipinski definition) is 4. The summed E-state index contributed by atoms with van der Waals surface area (Å²) in [4.78, 5) is 0. The molecule has 15 heavy (non-hydrogen) atoms. The van der Waals surface area contributed by atoms with Gasteiger partial charge in [-0.05, 0) is 30.1 Å². The molecule has 1 fully saturated rings. The second-order valence-electron chi connectivity index (χ2n) is 5.40. The van der Waals surface area contributed by atoms with Crippen molar-refractivity contribution in [1.29, 1.82) is 0 Å². The van der Waals surface area contributed by atoms with Crippen molar-refractivity contribution in [1.82, 2.24) is 0 Å². The molecule has 4 nitrogen and oxygen atoms in total. The fraction of sp³-hybridized carbons (Fsp3) is 1.00. The first-order chi connectivity index (χ1) is 6.91. The summed E-state index contributed by atoms with van der Waals surface area (Å²) in [6, 6.07) is 0. The first-order valence-electron chi connectivity index (χ1n) is 5.49. The molecular formula is C11H22O4. The van der Waals surface area contributed by atoms with Gasteiger partial charge in [0, 0.05) is 0 Å². The van der Waals surface area contributed by atoms with E-state index in [2.05, 4.69) is 13.8 Å². The fourth-order valence-corrected chi connectivity index (χ4v) is 2.78. The summed E-state index contributed by atoms with van der Waals surface area (Å²) in [5.41, 5.74) is 0.0572. The molecule has 0 saturated heterocycles. The summed E-state index contributed by atoms with van der Waals surface area (Å²) in [6.07, 6.45) is -0.0386. The van der Waals surface area contributed by atoms with Gasteiger partial charge in [-0.2, -0.15) is 0 Å². The van der Waals surface area contributed by atoms with Crippen LogP contribution in [-0.4, -0.2) is 45.8 Å². The minimum absolute atomic E-state index is 0.0572. The molecule has 0 aromatic heterocycles. The number of hydrogen-bond acceptors (Lipinski definition) is 4. The molecule has 0 aromatic rings. The molecule has 0 heterocycles. The molecule has 0 spiro atoms. The molecule has 0 amide bonds. The molecule has 0 aliphatic heterocycles. The monoisotopic (exact) mass is 218 g/mol. The van der Waals surface area contributed by atoms with Crippen LogP contribution < -0.4 is 0 Å². The van der Waals surface area contributed by atoms with Crippen LogP contribution in [0.3, 0.4) is 0 Å². The highest BCUT2D eigenvalue weighted by Gasteiger charge is 2.44. The van der Waals surface area contributed by atoms with Crippen molar-refractivity contribution in [2.75, 3.05) is 13.2 Å². The summed E-state index contributed by atoms with van der Waals surface area (Å²) < 4.78 is 0. The molecule has 4 unspecified atom stereocenters. The van der Waals surface area contributed by atoms with E-state index in [-0.39, 0.29) is 30.5 Å². The minimum Gasteiger partial charge on any atom is -0.394 e. The van der Waals surface area contributed by atoms with Gasteiger partial charge in [0.25, 0.3) is 0 Å². The highest BCUT2D eigenvalue weighted by molar-refractivity contribution is 4.94. The SMILES string of the molecule is CC1(C)CC(C(O)CO)C(C(O)CO)C1. The maximum Gasteiger partial charge on any atom is 0.0802 e. The van der Waals surface area contributed by atoms with Crippen molar-refractivity contribution in [3.63, 3.8) is 0 Å². The Hall–Kier alpha value is -0.160. The Morgan fingerprint density at radius 1 is 1.00 bits per heavy atom. The predicted octanol–water partition coefficient (Wildman–Crippen LogP) is -0.255. The van der Waals surface area contributed by atoms with E-state index in [4.69, 9.17) is 10.2 Å². The zero-order valence-electron chi connectivity index (χ0n) is 9.43. The minimum atomic E-state index is -0.794. The van der Waals surface area contributed by atoms with Crippen molar-refractivity contribution in [3.05, 3.63) is 0 Å². The smallest absolute Gasteiger partial charge is 0.0802 e. The lowest BCUT2D eigenvalue weighted by atomic mass is 9.87. The van der Waals surface area contributed by atoms with Gasteiger partial charge in [-0.1, -0.05) is 13.8 Å². The number of aliphatic hydroxyl groups is 4. The van der Waals surface area contributed by atoms with Gasteiger partial charge in [0.05, 0.1) is 25.4 Å². The van der Waals surface area contributed by atoms with E-state index in [1.807, 2.05) is 0 Å². The van der Waals surface area contributed by atoms with Crippen LogP contribution in [0.2, 0.25) is 0 Å². The molecule has 0 bridgehead atoms. The van der Waals surface area contributed by atoms with E-state index >= 15 is 0 Å². The summed E-state index contributed by atoms with van der Waals surface area (Å²) in [5.74, 6) is -0.237. The van der Waals surface area contributed by atoms with Gasteiger partial charge in [0.2, 0.25) is 0 Å². The molecule has 4 atom stereocenters. The lowest BCUT2D eigenvalue weighted by Gasteiger charge is -2.26. The Balaban J connectivity index is 2.74. The van der Waals surface area contributed by atoms with E-state index in [1.165, 1.54) is 0 Å². The van der Waals surface area contributed by atoms with Crippen LogP contribution in [0.25, 0.3) is 0 Å². The normalized spacial score (nSPS) is 34.0. The Bertz CT molecular complexity index is 185. The Morgan fingerprint density at radius 3 is 1.60 bits per heavy atom. The van der Waals surface area contributed by atoms with Gasteiger partial charge in [-0.15, -0.1) is 0 Å². The van der Waals surface area contributed by atoms with E-state index in [1.54, 1.807) is 0 Å². The van der Waals surface area contributed by atoms with E-state index in [0.29, 0.717) is 0 Å². The third-order valence-corrected chi connectivity index (χ3v) is 3.49. The first-order valence-corrected chi connectivity index (χ1v) is 5.49. The van der Waals surface area contributed by atoms with Crippen LogP contribution in [0.15, 0.2) is 0 Å². The van der Waals surface area contributed by atoms with Crippen LogP contribution in [-0.2, 0) is 0 Å². The molecule has 1 aliphatic rings. The standard InChI is InChI=1S/C11H22O4/c1-11(2)3-7(9(14)5-12)8(4-11)10(15)6-13/h7-10,12-15H,3-6H2,1-2H3. The zero-order chi connectivity index (χ0) is 11.6. The van der Waals surface area contributed by atoms with Crippen LogP contribution >= 0.6 is 0 Å². The largest absolute Gasteiger partial charge is 0.394 e. The third kappa shape index (κ3) is 2.91. The van der Waals surface area contributed by atoms with E-state index in [9.17, 15) is 10.2 Å². The van der Waals surface area contributed by atoms with Crippen LogP contribution in [0.5, 0.6) is 0 Å². The summed E-state index contributed by atoms with van der Waals surface area (Å²) in [5, 5.41) is 37.2. The van der Waals surface area contributed by atoms with Crippen molar-refractivity contribution in [3.8, 4) is 0 Å². The maximum atomic E-state index is 9.66. The highest BCUT2D eigenvalue weighted by Crippen LogP contribution is 2.47. The first kappa shape index (κ1) is 12.9. The lowest BCUT2D eigenvalue weighted by Crippen LogP contribution is -2.35. The molecule has 4 N–H and O–H groups in total. The summed E-state index contributed by atoms with van der Waals surface area (Å²) in [7, 11) is 0. The average Bonchev–Trinajstić information content (AvgIpc) is 2.52. The van der Waals surface area contributed by atoms with Crippen molar-refractivity contribution >= 4 is 0 Å². The fourth-order valence-electron chi connectivity index (χ4n) is 2.78. The molecule has 1 aliphatic carbocycles. The number of aliphatic hydroxyl groups excluding tert-OH is 4. The van der Waals surface area contributed by atoms with Gasteiger partial charge in [0.1, 0.15) is 0 Å². The average molecular weight is 218 g/mol. The number of rotatable bonds is 4. The molecule has 1 rings (SSSR count). The van der Waals surface area contributed by atoms with Crippen LogP contribution in [0, 0.1) is 17.3 Å².